The lowest BCUT2D eigenvalue weighted by molar-refractivity contribution is 0.488. The summed E-state index contributed by atoms with van der Waals surface area (Å²) in [4.78, 5) is 4.36. The summed E-state index contributed by atoms with van der Waals surface area (Å²) < 4.78 is 0. The van der Waals surface area contributed by atoms with Crippen molar-refractivity contribution in [2.24, 2.45) is 22.6 Å². The van der Waals surface area contributed by atoms with E-state index in [-0.39, 0.29) is 0 Å². The van der Waals surface area contributed by atoms with Crippen molar-refractivity contribution in [3.63, 3.8) is 0 Å². The Morgan fingerprint density at radius 1 is 1.38 bits per heavy atom. The second-order valence-corrected chi connectivity index (χ2v) is 3.61. The van der Waals surface area contributed by atoms with Crippen LogP contribution in [0.4, 0.5) is 0 Å². The van der Waals surface area contributed by atoms with Crippen LogP contribution >= 0.6 is 0 Å². The molecule has 0 heterocycles. The van der Waals surface area contributed by atoms with Crippen LogP contribution in [0.3, 0.4) is 0 Å². The van der Waals surface area contributed by atoms with E-state index in [1.54, 1.807) is 6.20 Å². The molecule has 76 valence electrons. The molecule has 0 amide bonds. The van der Waals surface area contributed by atoms with Gasteiger partial charge in [-0.05, 0) is 24.7 Å². The Labute approximate surface area is 81.9 Å². The van der Waals surface area contributed by atoms with Crippen LogP contribution in [0.2, 0.25) is 0 Å². The number of nitrogens with two attached hydrogens (primary N) is 1. The van der Waals surface area contributed by atoms with Crippen molar-refractivity contribution >= 4 is 6.21 Å². The molecule has 0 bridgehead atoms. The van der Waals surface area contributed by atoms with Crippen LogP contribution in [0.15, 0.2) is 16.9 Å². The second-order valence-electron chi connectivity index (χ2n) is 3.61. The number of aliphatic imine (C=N–C) groups is 1. The molecule has 0 saturated carbocycles. The first-order valence-electron chi connectivity index (χ1n) is 5.10. The molecular weight excluding hydrogens is 160 g/mol. The topological polar surface area (TPSA) is 38.4 Å². The SMILES string of the molecule is CCC(=C/N)/N=C\C(CC)C(C)C. The quantitative estimate of drug-likeness (QED) is 0.652. The van der Waals surface area contributed by atoms with Gasteiger partial charge in [0.15, 0.2) is 0 Å². The van der Waals surface area contributed by atoms with Gasteiger partial charge >= 0.3 is 0 Å². The lowest BCUT2D eigenvalue weighted by Crippen LogP contribution is -2.08. The molecule has 0 aromatic rings. The van der Waals surface area contributed by atoms with E-state index in [0.29, 0.717) is 11.8 Å². The predicted octanol–water partition coefficient (Wildman–Crippen LogP) is 2.95. The molecule has 1 unspecified atom stereocenters. The van der Waals surface area contributed by atoms with Crippen molar-refractivity contribution in [3.05, 3.63) is 11.9 Å². The normalized spacial score (nSPS) is 15.6. The van der Waals surface area contributed by atoms with E-state index in [1.165, 1.54) is 0 Å². The van der Waals surface area contributed by atoms with Crippen LogP contribution in [-0.4, -0.2) is 6.21 Å². The maximum Gasteiger partial charge on any atom is 0.0551 e. The third-order valence-corrected chi connectivity index (χ3v) is 2.31. The first-order chi connectivity index (χ1) is 6.15. The Kier molecular flexibility index (Phi) is 6.29. The fourth-order valence-corrected chi connectivity index (χ4v) is 1.19. The summed E-state index contributed by atoms with van der Waals surface area (Å²) in [6.45, 7) is 8.69. The minimum Gasteiger partial charge on any atom is -0.403 e. The van der Waals surface area contributed by atoms with E-state index in [4.69, 9.17) is 5.73 Å². The van der Waals surface area contributed by atoms with E-state index in [0.717, 1.165) is 18.5 Å². The standard InChI is InChI=1S/C11H22N2/c1-5-10(9(3)4)8-13-11(6-2)7-12/h7-10H,5-6,12H2,1-4H3/b11-7-,13-8-. The third-order valence-electron chi connectivity index (χ3n) is 2.31. The van der Waals surface area contributed by atoms with Crippen molar-refractivity contribution in [2.75, 3.05) is 0 Å². The molecule has 2 heteroatoms. The summed E-state index contributed by atoms with van der Waals surface area (Å²) in [6.07, 6.45) is 5.67. The van der Waals surface area contributed by atoms with E-state index in [9.17, 15) is 0 Å². The average molecular weight is 182 g/mol. The summed E-state index contributed by atoms with van der Waals surface area (Å²) in [5.74, 6) is 1.23. The molecule has 0 aromatic carbocycles. The molecule has 1 atom stereocenters. The molecule has 0 rings (SSSR count). The predicted molar refractivity (Wildman–Crippen MR) is 59.7 cm³/mol. The van der Waals surface area contributed by atoms with E-state index in [2.05, 4.69) is 32.7 Å². The van der Waals surface area contributed by atoms with Crippen molar-refractivity contribution in [2.45, 2.75) is 40.5 Å². The lowest BCUT2D eigenvalue weighted by Gasteiger charge is -2.13. The molecule has 0 aromatic heterocycles. The Morgan fingerprint density at radius 3 is 2.31 bits per heavy atom. The van der Waals surface area contributed by atoms with Gasteiger partial charge in [0.05, 0.1) is 5.70 Å². The van der Waals surface area contributed by atoms with Crippen LogP contribution in [-0.2, 0) is 0 Å². The highest BCUT2D eigenvalue weighted by Gasteiger charge is 2.07. The second kappa shape index (κ2) is 6.70. The van der Waals surface area contributed by atoms with Gasteiger partial charge in [0, 0.05) is 12.4 Å². The van der Waals surface area contributed by atoms with Gasteiger partial charge in [0.25, 0.3) is 0 Å². The Bertz CT molecular complexity index is 181. The highest BCUT2D eigenvalue weighted by Crippen LogP contribution is 2.13. The smallest absolute Gasteiger partial charge is 0.0551 e. The maximum absolute atomic E-state index is 5.41. The van der Waals surface area contributed by atoms with Crippen molar-refractivity contribution in [1.29, 1.82) is 0 Å². The summed E-state index contributed by atoms with van der Waals surface area (Å²) in [6, 6.07) is 0. The first kappa shape index (κ1) is 12.2. The Hall–Kier alpha value is -0.790. The Morgan fingerprint density at radius 2 is 2.00 bits per heavy atom. The third kappa shape index (κ3) is 4.71. The molecule has 0 aliphatic carbocycles. The van der Waals surface area contributed by atoms with Crippen molar-refractivity contribution in [3.8, 4) is 0 Å². The minimum absolute atomic E-state index is 0.571. The zero-order chi connectivity index (χ0) is 10.3. The van der Waals surface area contributed by atoms with Crippen LogP contribution < -0.4 is 5.73 Å². The molecular formula is C11H22N2. The number of hydrogen-bond acceptors (Lipinski definition) is 2. The summed E-state index contributed by atoms with van der Waals surface area (Å²) in [5.41, 5.74) is 6.38. The monoisotopic (exact) mass is 182 g/mol. The maximum atomic E-state index is 5.41. The van der Waals surface area contributed by atoms with Crippen molar-refractivity contribution < 1.29 is 0 Å². The van der Waals surface area contributed by atoms with Crippen molar-refractivity contribution in [1.82, 2.24) is 0 Å². The lowest BCUT2D eigenvalue weighted by atomic mass is 9.95. The zero-order valence-electron chi connectivity index (χ0n) is 9.25. The van der Waals surface area contributed by atoms with Crippen LogP contribution in [0.25, 0.3) is 0 Å². The summed E-state index contributed by atoms with van der Waals surface area (Å²) in [7, 11) is 0. The van der Waals surface area contributed by atoms with Gasteiger partial charge in [0.1, 0.15) is 0 Å². The fourth-order valence-electron chi connectivity index (χ4n) is 1.19. The van der Waals surface area contributed by atoms with Gasteiger partial charge in [-0.3, -0.25) is 4.99 Å². The molecule has 0 aliphatic rings. The summed E-state index contributed by atoms with van der Waals surface area (Å²) >= 11 is 0. The van der Waals surface area contributed by atoms with Gasteiger partial charge in [-0.2, -0.15) is 0 Å². The molecule has 2 nitrogen and oxygen atoms in total. The number of nitrogens with zero attached hydrogens (tertiary/aromatic N) is 1. The molecule has 0 spiro atoms. The first-order valence-corrected chi connectivity index (χ1v) is 5.10. The van der Waals surface area contributed by atoms with Gasteiger partial charge in [0.2, 0.25) is 0 Å². The molecule has 13 heavy (non-hydrogen) atoms. The van der Waals surface area contributed by atoms with Gasteiger partial charge in [-0.1, -0.05) is 27.7 Å². The zero-order valence-corrected chi connectivity index (χ0v) is 9.25. The molecule has 0 fully saturated rings. The van der Waals surface area contributed by atoms with Crippen LogP contribution in [0, 0.1) is 11.8 Å². The van der Waals surface area contributed by atoms with E-state index < -0.39 is 0 Å². The van der Waals surface area contributed by atoms with Gasteiger partial charge in [-0.25, -0.2) is 0 Å². The van der Waals surface area contributed by atoms with Crippen LogP contribution in [0.1, 0.15) is 40.5 Å². The van der Waals surface area contributed by atoms with E-state index in [1.807, 2.05) is 6.21 Å². The minimum atomic E-state index is 0.571. The molecule has 0 radical (unpaired) electrons. The highest BCUT2D eigenvalue weighted by molar-refractivity contribution is 5.62. The number of rotatable bonds is 5. The molecule has 0 saturated heterocycles. The molecule has 0 aliphatic heterocycles. The fraction of sp³-hybridized carbons (Fsp3) is 0.727. The molecule has 2 N–H and O–H groups in total. The summed E-state index contributed by atoms with van der Waals surface area (Å²) in [5, 5.41) is 0. The van der Waals surface area contributed by atoms with Gasteiger partial charge in [-0.15, -0.1) is 0 Å². The van der Waals surface area contributed by atoms with E-state index >= 15 is 0 Å². The number of allylic oxidation sites excluding steroid dienone is 1. The average Bonchev–Trinajstić information content (AvgIpc) is 2.12. The highest BCUT2D eigenvalue weighted by atomic mass is 14.8. The van der Waals surface area contributed by atoms with Crippen LogP contribution in [0.5, 0.6) is 0 Å². The van der Waals surface area contributed by atoms with Gasteiger partial charge < -0.3 is 5.73 Å². The number of hydrogen-bond donors (Lipinski definition) is 1. The Balaban J connectivity index is 4.21. The largest absolute Gasteiger partial charge is 0.403 e.